The summed E-state index contributed by atoms with van der Waals surface area (Å²) < 4.78 is 0.960. The van der Waals surface area contributed by atoms with Crippen molar-refractivity contribution >= 4 is 32.9 Å². The molecule has 0 saturated heterocycles. The second-order valence-electron chi connectivity index (χ2n) is 3.94. The van der Waals surface area contributed by atoms with Gasteiger partial charge in [0.05, 0.1) is 0 Å². The highest BCUT2D eigenvalue weighted by Crippen LogP contribution is 2.30. The SMILES string of the molecule is S=c1cc(-c2ccc(-c3ccccc3)cc2)ss1. The first kappa shape index (κ1) is 11.8. The van der Waals surface area contributed by atoms with Crippen LogP contribution in [0.4, 0.5) is 0 Å². The summed E-state index contributed by atoms with van der Waals surface area (Å²) in [6.07, 6.45) is 0. The van der Waals surface area contributed by atoms with Crippen LogP contribution in [-0.2, 0) is 0 Å². The standard InChI is InChI=1S/C15H10S3/c16-15-10-14(17-18-15)13-8-6-12(7-9-13)11-4-2-1-3-5-11/h1-10H. The molecule has 88 valence electrons. The van der Waals surface area contributed by atoms with Gasteiger partial charge in [-0.15, -0.1) is 0 Å². The third-order valence-corrected chi connectivity index (χ3v) is 5.65. The Kier molecular flexibility index (Phi) is 3.37. The Morgan fingerprint density at radius 2 is 1.28 bits per heavy atom. The quantitative estimate of drug-likeness (QED) is 0.419. The zero-order chi connectivity index (χ0) is 12.4. The zero-order valence-corrected chi connectivity index (χ0v) is 11.9. The summed E-state index contributed by atoms with van der Waals surface area (Å²) in [5.41, 5.74) is 3.74. The molecule has 1 aromatic heterocycles. The summed E-state index contributed by atoms with van der Waals surface area (Å²) in [5, 5.41) is 0. The van der Waals surface area contributed by atoms with Crippen molar-refractivity contribution in [2.24, 2.45) is 0 Å². The van der Waals surface area contributed by atoms with Crippen molar-refractivity contribution in [3.63, 3.8) is 0 Å². The number of benzene rings is 2. The van der Waals surface area contributed by atoms with E-state index in [0.717, 1.165) is 3.82 Å². The molecule has 0 aliphatic carbocycles. The van der Waals surface area contributed by atoms with Gasteiger partial charge in [0.25, 0.3) is 0 Å². The topological polar surface area (TPSA) is 0 Å². The van der Waals surface area contributed by atoms with Crippen LogP contribution in [0, 0.1) is 3.82 Å². The lowest BCUT2D eigenvalue weighted by Crippen LogP contribution is -1.77. The monoisotopic (exact) mass is 286 g/mol. The lowest BCUT2D eigenvalue weighted by Gasteiger charge is -2.02. The van der Waals surface area contributed by atoms with Gasteiger partial charge in [0.1, 0.15) is 3.82 Å². The van der Waals surface area contributed by atoms with Crippen molar-refractivity contribution in [2.45, 2.75) is 0 Å². The molecule has 1 heterocycles. The molecule has 18 heavy (non-hydrogen) atoms. The van der Waals surface area contributed by atoms with Gasteiger partial charge in [-0.05, 0) is 22.8 Å². The van der Waals surface area contributed by atoms with Gasteiger partial charge < -0.3 is 0 Å². The molecule has 3 rings (SSSR count). The van der Waals surface area contributed by atoms with Gasteiger partial charge in [-0.3, -0.25) is 0 Å². The summed E-state index contributed by atoms with van der Waals surface area (Å²) in [7, 11) is 3.40. The molecule has 0 fully saturated rings. The van der Waals surface area contributed by atoms with Crippen LogP contribution in [0.3, 0.4) is 0 Å². The van der Waals surface area contributed by atoms with E-state index in [1.165, 1.54) is 21.6 Å². The van der Waals surface area contributed by atoms with E-state index >= 15 is 0 Å². The molecule has 2 aromatic carbocycles. The molecule has 3 aromatic rings. The molecule has 0 N–H and O–H groups in total. The van der Waals surface area contributed by atoms with E-state index in [-0.39, 0.29) is 0 Å². The van der Waals surface area contributed by atoms with Crippen LogP contribution >= 0.6 is 32.9 Å². The van der Waals surface area contributed by atoms with E-state index < -0.39 is 0 Å². The van der Waals surface area contributed by atoms with Crippen molar-refractivity contribution in [1.29, 1.82) is 0 Å². The first-order valence-electron chi connectivity index (χ1n) is 5.59. The molecule has 0 amide bonds. The Morgan fingerprint density at radius 1 is 0.667 bits per heavy atom. The fraction of sp³-hybridized carbons (Fsp3) is 0. The number of rotatable bonds is 2. The molecular weight excluding hydrogens is 276 g/mol. The third-order valence-electron chi connectivity index (χ3n) is 2.74. The fourth-order valence-corrected chi connectivity index (χ4v) is 4.23. The smallest absolute Gasteiger partial charge is 0.0786 e. The van der Waals surface area contributed by atoms with Crippen molar-refractivity contribution in [1.82, 2.24) is 0 Å². The van der Waals surface area contributed by atoms with Crippen molar-refractivity contribution in [2.75, 3.05) is 0 Å². The fourth-order valence-electron chi connectivity index (χ4n) is 1.83. The molecule has 0 unspecified atom stereocenters. The number of hydrogen-bond donors (Lipinski definition) is 0. The third kappa shape index (κ3) is 2.43. The lowest BCUT2D eigenvalue weighted by molar-refractivity contribution is 1.62. The van der Waals surface area contributed by atoms with Crippen LogP contribution < -0.4 is 0 Å². The summed E-state index contributed by atoms with van der Waals surface area (Å²) >= 11 is 5.16. The van der Waals surface area contributed by atoms with E-state index in [2.05, 4.69) is 54.6 Å². The molecule has 0 saturated carbocycles. The zero-order valence-electron chi connectivity index (χ0n) is 9.50. The van der Waals surface area contributed by atoms with Crippen molar-refractivity contribution in [3.05, 3.63) is 64.5 Å². The second-order valence-corrected chi connectivity index (χ2v) is 6.85. The predicted octanol–water partition coefficient (Wildman–Crippen LogP) is 5.87. The molecule has 0 aliphatic heterocycles. The van der Waals surface area contributed by atoms with E-state index in [1.54, 1.807) is 20.7 Å². The van der Waals surface area contributed by atoms with Gasteiger partial charge in [-0.1, -0.05) is 87.5 Å². The van der Waals surface area contributed by atoms with E-state index in [4.69, 9.17) is 12.2 Å². The van der Waals surface area contributed by atoms with Crippen LogP contribution in [0.2, 0.25) is 0 Å². The van der Waals surface area contributed by atoms with Crippen LogP contribution in [0.25, 0.3) is 21.6 Å². The van der Waals surface area contributed by atoms with Crippen molar-refractivity contribution < 1.29 is 0 Å². The van der Waals surface area contributed by atoms with Gasteiger partial charge in [0, 0.05) is 4.88 Å². The first-order valence-corrected chi connectivity index (χ1v) is 8.15. The molecule has 0 atom stereocenters. The van der Waals surface area contributed by atoms with E-state index in [1.807, 2.05) is 6.07 Å². The summed E-state index contributed by atoms with van der Waals surface area (Å²) in [4.78, 5) is 1.25. The highest BCUT2D eigenvalue weighted by Gasteiger charge is 2.01. The highest BCUT2D eigenvalue weighted by atomic mass is 32.9. The maximum atomic E-state index is 5.16. The van der Waals surface area contributed by atoms with E-state index in [9.17, 15) is 0 Å². The lowest BCUT2D eigenvalue weighted by atomic mass is 10.0. The minimum absolute atomic E-state index is 0.960. The maximum absolute atomic E-state index is 5.16. The Bertz CT molecular complexity index is 690. The molecule has 0 radical (unpaired) electrons. The van der Waals surface area contributed by atoms with E-state index in [0.29, 0.717) is 0 Å². The molecule has 0 aliphatic rings. The Morgan fingerprint density at radius 3 is 1.89 bits per heavy atom. The molecular formula is C15H10S3. The Labute approximate surface area is 119 Å². The normalized spacial score (nSPS) is 10.4. The van der Waals surface area contributed by atoms with Gasteiger partial charge in [0.2, 0.25) is 0 Å². The van der Waals surface area contributed by atoms with Crippen LogP contribution in [-0.4, -0.2) is 0 Å². The minimum atomic E-state index is 0.960. The van der Waals surface area contributed by atoms with Crippen LogP contribution in [0.15, 0.2) is 60.7 Å². The van der Waals surface area contributed by atoms with Gasteiger partial charge in [-0.25, -0.2) is 0 Å². The Balaban J connectivity index is 1.97. The number of hydrogen-bond acceptors (Lipinski definition) is 3. The minimum Gasteiger partial charge on any atom is -0.0786 e. The van der Waals surface area contributed by atoms with Gasteiger partial charge in [-0.2, -0.15) is 0 Å². The summed E-state index contributed by atoms with van der Waals surface area (Å²) in [6, 6.07) is 21.1. The van der Waals surface area contributed by atoms with Crippen LogP contribution in [0.1, 0.15) is 0 Å². The van der Waals surface area contributed by atoms with Crippen molar-refractivity contribution in [3.8, 4) is 21.6 Å². The molecule has 0 nitrogen and oxygen atoms in total. The van der Waals surface area contributed by atoms with Gasteiger partial charge >= 0.3 is 0 Å². The second kappa shape index (κ2) is 5.14. The summed E-state index contributed by atoms with van der Waals surface area (Å²) in [5.74, 6) is 0. The largest absolute Gasteiger partial charge is 0.102 e. The molecule has 0 bridgehead atoms. The summed E-state index contributed by atoms with van der Waals surface area (Å²) in [6.45, 7) is 0. The molecule has 3 heteroatoms. The average Bonchev–Trinajstić information content (AvgIpc) is 2.87. The Hall–Kier alpha value is -1.29. The highest BCUT2D eigenvalue weighted by molar-refractivity contribution is 7.80. The van der Waals surface area contributed by atoms with Gasteiger partial charge in [0.15, 0.2) is 0 Å². The predicted molar refractivity (Wildman–Crippen MR) is 83.9 cm³/mol. The van der Waals surface area contributed by atoms with Crippen LogP contribution in [0.5, 0.6) is 0 Å². The average molecular weight is 286 g/mol. The molecule has 0 spiro atoms. The first-order chi connectivity index (χ1) is 8.83. The maximum Gasteiger partial charge on any atom is 0.102 e.